The van der Waals surface area contributed by atoms with Gasteiger partial charge in [0.15, 0.2) is 6.29 Å². The fourth-order valence-electron chi connectivity index (χ4n) is 3.49. The Balaban J connectivity index is 1.98. The van der Waals surface area contributed by atoms with Crippen molar-refractivity contribution in [2.45, 2.75) is 52.1 Å². The van der Waals surface area contributed by atoms with Gasteiger partial charge in [-0.05, 0) is 60.7 Å². The first-order valence-corrected chi connectivity index (χ1v) is 8.91. The summed E-state index contributed by atoms with van der Waals surface area (Å²) in [6.07, 6.45) is 2.72. The zero-order chi connectivity index (χ0) is 18.8. The van der Waals surface area contributed by atoms with Crippen molar-refractivity contribution in [1.82, 2.24) is 0 Å². The maximum atomic E-state index is 13.7. The van der Waals surface area contributed by atoms with Crippen LogP contribution in [-0.2, 0) is 4.74 Å². The summed E-state index contributed by atoms with van der Waals surface area (Å²) in [5.74, 6) is -0.214. The first-order chi connectivity index (χ1) is 12.3. The summed E-state index contributed by atoms with van der Waals surface area (Å²) >= 11 is 0. The molecule has 0 spiro atoms. The minimum atomic E-state index is -0.938. The van der Waals surface area contributed by atoms with E-state index in [1.54, 1.807) is 13.0 Å². The molecule has 1 fully saturated rings. The third kappa shape index (κ3) is 4.21. The van der Waals surface area contributed by atoms with Crippen LogP contribution in [0, 0.1) is 26.6 Å². The number of hydrogen-bond donors (Lipinski definition) is 2. The monoisotopic (exact) mass is 356 g/mol. The molecule has 2 N–H and O–H groups in total. The number of halogens is 1. The zero-order valence-electron chi connectivity index (χ0n) is 15.4. The van der Waals surface area contributed by atoms with Gasteiger partial charge in [-0.1, -0.05) is 35.9 Å². The third-order valence-corrected chi connectivity index (χ3v) is 4.79. The third-order valence-electron chi connectivity index (χ3n) is 4.79. The molecule has 1 saturated heterocycles. The standard InChI is InChI=1S/C22H25FO3/c1-13-8-14(2)19(6-5-18-11-17(24)12-22(25)26-18)20(9-13)16-4-7-21(23)15(3)10-16/h4-10,17-18,22,24-25H,11-12H2,1-3H3/b6-5+/t17-,18-,22?/m1/s1. The minimum Gasteiger partial charge on any atom is -0.393 e. The van der Waals surface area contributed by atoms with Crippen LogP contribution >= 0.6 is 0 Å². The molecule has 3 nitrogen and oxygen atoms in total. The predicted octanol–water partition coefficient (Wildman–Crippen LogP) is 4.29. The maximum absolute atomic E-state index is 13.7. The van der Waals surface area contributed by atoms with Crippen molar-refractivity contribution in [2.24, 2.45) is 0 Å². The molecule has 1 unspecified atom stereocenters. The topological polar surface area (TPSA) is 49.7 Å². The largest absolute Gasteiger partial charge is 0.393 e. The second-order valence-electron chi connectivity index (χ2n) is 7.12. The molecule has 1 heterocycles. The smallest absolute Gasteiger partial charge is 0.157 e. The number of hydrogen-bond acceptors (Lipinski definition) is 3. The fraction of sp³-hybridized carbons (Fsp3) is 0.364. The highest BCUT2D eigenvalue weighted by atomic mass is 19.1. The number of rotatable bonds is 3. The van der Waals surface area contributed by atoms with Crippen molar-refractivity contribution in [3.05, 3.63) is 64.5 Å². The van der Waals surface area contributed by atoms with Gasteiger partial charge in [-0.2, -0.15) is 0 Å². The van der Waals surface area contributed by atoms with E-state index in [0.717, 1.165) is 27.8 Å². The van der Waals surface area contributed by atoms with Crippen molar-refractivity contribution in [3.8, 4) is 11.1 Å². The molecule has 0 bridgehead atoms. The van der Waals surface area contributed by atoms with Crippen LogP contribution in [0.15, 0.2) is 36.4 Å². The molecule has 138 valence electrons. The van der Waals surface area contributed by atoms with Crippen LogP contribution in [0.1, 0.15) is 35.1 Å². The van der Waals surface area contributed by atoms with E-state index in [-0.39, 0.29) is 18.3 Å². The van der Waals surface area contributed by atoms with Crippen LogP contribution in [0.3, 0.4) is 0 Å². The van der Waals surface area contributed by atoms with Crippen LogP contribution < -0.4 is 0 Å². The van der Waals surface area contributed by atoms with E-state index in [2.05, 4.69) is 12.1 Å². The molecule has 2 aromatic rings. The molecule has 4 heteroatoms. The average Bonchev–Trinajstić information content (AvgIpc) is 2.55. The summed E-state index contributed by atoms with van der Waals surface area (Å²) in [6, 6.07) is 9.33. The van der Waals surface area contributed by atoms with Crippen molar-refractivity contribution in [3.63, 3.8) is 0 Å². The summed E-state index contributed by atoms with van der Waals surface area (Å²) in [5, 5.41) is 19.5. The number of aryl methyl sites for hydroxylation is 3. The van der Waals surface area contributed by atoms with Crippen LogP contribution in [-0.4, -0.2) is 28.7 Å². The van der Waals surface area contributed by atoms with Crippen LogP contribution in [0.4, 0.5) is 4.39 Å². The number of aliphatic hydroxyl groups is 2. The summed E-state index contributed by atoms with van der Waals surface area (Å²) in [7, 11) is 0. The molecule has 2 aromatic carbocycles. The number of benzene rings is 2. The highest BCUT2D eigenvalue weighted by Gasteiger charge is 2.25. The van der Waals surface area contributed by atoms with Gasteiger partial charge in [-0.15, -0.1) is 0 Å². The first-order valence-electron chi connectivity index (χ1n) is 8.91. The van der Waals surface area contributed by atoms with E-state index < -0.39 is 12.4 Å². The summed E-state index contributed by atoms with van der Waals surface area (Å²) in [4.78, 5) is 0. The van der Waals surface area contributed by atoms with Gasteiger partial charge < -0.3 is 14.9 Å². The lowest BCUT2D eigenvalue weighted by Gasteiger charge is -2.28. The number of ether oxygens (including phenoxy) is 1. The van der Waals surface area contributed by atoms with Gasteiger partial charge >= 0.3 is 0 Å². The van der Waals surface area contributed by atoms with E-state index in [1.165, 1.54) is 6.07 Å². The highest BCUT2D eigenvalue weighted by Crippen LogP contribution is 2.31. The molecule has 3 atom stereocenters. The lowest BCUT2D eigenvalue weighted by atomic mass is 9.92. The quantitative estimate of drug-likeness (QED) is 0.863. The molecular formula is C22H25FO3. The van der Waals surface area contributed by atoms with Crippen molar-refractivity contribution >= 4 is 6.08 Å². The molecule has 0 aliphatic carbocycles. The van der Waals surface area contributed by atoms with E-state index in [1.807, 2.05) is 32.1 Å². The van der Waals surface area contributed by atoms with Crippen LogP contribution in [0.2, 0.25) is 0 Å². The first kappa shape index (κ1) is 18.8. The predicted molar refractivity (Wildman–Crippen MR) is 101 cm³/mol. The van der Waals surface area contributed by atoms with Gasteiger partial charge in [0.1, 0.15) is 5.82 Å². The Bertz CT molecular complexity index is 818. The highest BCUT2D eigenvalue weighted by molar-refractivity contribution is 5.78. The van der Waals surface area contributed by atoms with Crippen LogP contribution in [0.25, 0.3) is 17.2 Å². The molecule has 1 aliphatic rings. The lowest BCUT2D eigenvalue weighted by Crippen LogP contribution is -2.34. The van der Waals surface area contributed by atoms with Crippen LogP contribution in [0.5, 0.6) is 0 Å². The van der Waals surface area contributed by atoms with Gasteiger partial charge in [0, 0.05) is 12.8 Å². The fourth-order valence-corrected chi connectivity index (χ4v) is 3.49. The summed E-state index contributed by atoms with van der Waals surface area (Å²) in [6.45, 7) is 5.84. The van der Waals surface area contributed by atoms with E-state index in [4.69, 9.17) is 4.74 Å². The van der Waals surface area contributed by atoms with Crippen molar-refractivity contribution < 1.29 is 19.3 Å². The molecule has 0 radical (unpaired) electrons. The number of aliphatic hydroxyl groups excluding tert-OH is 2. The average molecular weight is 356 g/mol. The Kier molecular flexibility index (Phi) is 5.56. The van der Waals surface area contributed by atoms with Crippen molar-refractivity contribution in [2.75, 3.05) is 0 Å². The van der Waals surface area contributed by atoms with E-state index >= 15 is 0 Å². The molecule has 1 aliphatic heterocycles. The maximum Gasteiger partial charge on any atom is 0.157 e. The Morgan fingerprint density at radius 2 is 1.81 bits per heavy atom. The normalized spacial score (nSPS) is 23.5. The van der Waals surface area contributed by atoms with Crippen molar-refractivity contribution in [1.29, 1.82) is 0 Å². The van der Waals surface area contributed by atoms with Gasteiger partial charge in [0.05, 0.1) is 12.2 Å². The van der Waals surface area contributed by atoms with Gasteiger partial charge in [0.2, 0.25) is 0 Å². The van der Waals surface area contributed by atoms with Gasteiger partial charge in [-0.3, -0.25) is 0 Å². The van der Waals surface area contributed by atoms with E-state index in [9.17, 15) is 14.6 Å². The second kappa shape index (κ2) is 7.70. The molecule has 0 saturated carbocycles. The summed E-state index contributed by atoms with van der Waals surface area (Å²) in [5.41, 5.74) is 5.86. The molecule has 3 rings (SSSR count). The van der Waals surface area contributed by atoms with E-state index in [0.29, 0.717) is 12.0 Å². The SMILES string of the molecule is Cc1cc(C)c(/C=C/[C@@H]2C[C@@H](O)CC(O)O2)c(-c2ccc(F)c(C)c2)c1. The van der Waals surface area contributed by atoms with Gasteiger partial charge in [0.25, 0.3) is 0 Å². The lowest BCUT2D eigenvalue weighted by molar-refractivity contribution is -0.175. The molecule has 26 heavy (non-hydrogen) atoms. The molecule has 0 amide bonds. The zero-order valence-corrected chi connectivity index (χ0v) is 15.4. The Labute approximate surface area is 153 Å². The Morgan fingerprint density at radius 1 is 1.04 bits per heavy atom. The Hall–Kier alpha value is -2.01. The molecular weight excluding hydrogens is 331 g/mol. The Morgan fingerprint density at radius 3 is 2.50 bits per heavy atom. The minimum absolute atomic E-state index is 0.214. The second-order valence-corrected chi connectivity index (χ2v) is 7.12. The van der Waals surface area contributed by atoms with Gasteiger partial charge in [-0.25, -0.2) is 4.39 Å². The molecule has 0 aromatic heterocycles. The summed E-state index contributed by atoms with van der Waals surface area (Å²) < 4.78 is 19.1.